The van der Waals surface area contributed by atoms with Gasteiger partial charge in [0.25, 0.3) is 0 Å². The maximum atomic E-state index is 10.3. The molecule has 1 saturated carbocycles. The molecule has 0 aliphatic heterocycles. The Morgan fingerprint density at radius 2 is 1.31 bits per heavy atom. The van der Waals surface area contributed by atoms with Crippen LogP contribution in [0.5, 0.6) is 11.5 Å². The SMILES string of the molecule is CC(C)(C)CCCCCc1cc(O)c(CCCCCC2(C)CC2)cc1O. The fraction of sp³-hybridized carbons (Fsp3) is 0.750. The molecule has 148 valence electrons. The van der Waals surface area contributed by atoms with Crippen LogP contribution in [0, 0.1) is 10.8 Å². The van der Waals surface area contributed by atoms with Crippen LogP contribution >= 0.6 is 0 Å². The molecule has 2 nitrogen and oxygen atoms in total. The van der Waals surface area contributed by atoms with E-state index < -0.39 is 0 Å². The molecule has 1 aliphatic rings. The Balaban J connectivity index is 1.70. The van der Waals surface area contributed by atoms with Crippen molar-refractivity contribution in [3.63, 3.8) is 0 Å². The first-order chi connectivity index (χ1) is 12.2. The van der Waals surface area contributed by atoms with E-state index in [1.54, 1.807) is 12.1 Å². The zero-order valence-electron chi connectivity index (χ0n) is 17.5. The van der Waals surface area contributed by atoms with E-state index in [0.717, 1.165) is 36.8 Å². The van der Waals surface area contributed by atoms with Crippen molar-refractivity contribution in [2.24, 2.45) is 10.8 Å². The molecule has 0 heterocycles. The second kappa shape index (κ2) is 9.15. The summed E-state index contributed by atoms with van der Waals surface area (Å²) in [4.78, 5) is 0. The van der Waals surface area contributed by atoms with Crippen molar-refractivity contribution >= 4 is 0 Å². The summed E-state index contributed by atoms with van der Waals surface area (Å²) >= 11 is 0. The number of phenolic OH excluding ortho intramolecular Hbond substituents is 2. The predicted molar refractivity (Wildman–Crippen MR) is 111 cm³/mol. The molecule has 1 aromatic carbocycles. The molecule has 0 saturated heterocycles. The van der Waals surface area contributed by atoms with E-state index in [2.05, 4.69) is 27.7 Å². The Labute approximate surface area is 161 Å². The van der Waals surface area contributed by atoms with E-state index in [-0.39, 0.29) is 0 Å². The molecular formula is C24H40O2. The molecule has 0 radical (unpaired) electrons. The quantitative estimate of drug-likeness (QED) is 0.325. The zero-order valence-corrected chi connectivity index (χ0v) is 17.5. The van der Waals surface area contributed by atoms with Gasteiger partial charge in [0.15, 0.2) is 0 Å². The Hall–Kier alpha value is -1.18. The van der Waals surface area contributed by atoms with E-state index in [4.69, 9.17) is 0 Å². The number of rotatable bonds is 11. The Morgan fingerprint density at radius 1 is 0.808 bits per heavy atom. The highest BCUT2D eigenvalue weighted by molar-refractivity contribution is 5.45. The summed E-state index contributed by atoms with van der Waals surface area (Å²) in [7, 11) is 0. The molecule has 0 amide bonds. The summed E-state index contributed by atoms with van der Waals surface area (Å²) in [5.41, 5.74) is 2.84. The van der Waals surface area contributed by atoms with Crippen LogP contribution in [-0.2, 0) is 12.8 Å². The van der Waals surface area contributed by atoms with Gasteiger partial charge in [-0.05, 0) is 85.5 Å². The van der Waals surface area contributed by atoms with Crippen molar-refractivity contribution in [1.29, 1.82) is 0 Å². The minimum absolute atomic E-state index is 0.360. The lowest BCUT2D eigenvalue weighted by Gasteiger charge is -2.17. The number of hydrogen-bond donors (Lipinski definition) is 2. The van der Waals surface area contributed by atoms with Crippen LogP contribution in [0.25, 0.3) is 0 Å². The molecule has 1 fully saturated rings. The van der Waals surface area contributed by atoms with Crippen LogP contribution in [0.2, 0.25) is 0 Å². The normalized spacial score (nSPS) is 16.0. The maximum Gasteiger partial charge on any atom is 0.119 e. The van der Waals surface area contributed by atoms with Crippen molar-refractivity contribution in [1.82, 2.24) is 0 Å². The van der Waals surface area contributed by atoms with E-state index in [0.29, 0.717) is 22.3 Å². The molecule has 2 N–H and O–H groups in total. The first-order valence-corrected chi connectivity index (χ1v) is 10.7. The van der Waals surface area contributed by atoms with E-state index in [1.807, 2.05) is 0 Å². The standard InChI is InChI=1S/C24H40O2/c1-23(2,3)13-9-5-7-11-19-17-22(26)20(18-21(19)25)12-8-6-10-14-24(4)15-16-24/h17-18,25-26H,5-16H2,1-4H3. The van der Waals surface area contributed by atoms with Gasteiger partial charge in [0, 0.05) is 0 Å². The third-order valence-electron chi connectivity index (χ3n) is 5.98. The molecular weight excluding hydrogens is 320 g/mol. The molecule has 0 bridgehead atoms. The average molecular weight is 361 g/mol. The third-order valence-corrected chi connectivity index (χ3v) is 5.98. The second-order valence-electron chi connectivity index (χ2n) is 10.1. The van der Waals surface area contributed by atoms with Crippen LogP contribution in [0.4, 0.5) is 0 Å². The molecule has 2 heteroatoms. The lowest BCUT2D eigenvalue weighted by atomic mass is 9.89. The molecule has 1 aliphatic carbocycles. The van der Waals surface area contributed by atoms with Crippen LogP contribution in [-0.4, -0.2) is 10.2 Å². The first kappa shape index (κ1) is 21.1. The Bertz CT molecular complexity index is 523. The molecule has 0 unspecified atom stereocenters. The van der Waals surface area contributed by atoms with Gasteiger partial charge in [-0.1, -0.05) is 53.4 Å². The van der Waals surface area contributed by atoms with Gasteiger partial charge in [0.1, 0.15) is 11.5 Å². The van der Waals surface area contributed by atoms with E-state index in [9.17, 15) is 10.2 Å². The number of unbranched alkanes of at least 4 members (excludes halogenated alkanes) is 4. The van der Waals surface area contributed by atoms with Gasteiger partial charge in [-0.15, -0.1) is 0 Å². The summed E-state index contributed by atoms with van der Waals surface area (Å²) in [5, 5.41) is 20.6. The van der Waals surface area contributed by atoms with E-state index >= 15 is 0 Å². The topological polar surface area (TPSA) is 40.5 Å². The van der Waals surface area contributed by atoms with Crippen LogP contribution < -0.4 is 0 Å². The van der Waals surface area contributed by atoms with Crippen LogP contribution in [0.3, 0.4) is 0 Å². The summed E-state index contributed by atoms with van der Waals surface area (Å²) < 4.78 is 0. The lowest BCUT2D eigenvalue weighted by Crippen LogP contribution is -2.04. The highest BCUT2D eigenvalue weighted by Gasteiger charge is 2.35. The highest BCUT2D eigenvalue weighted by Crippen LogP contribution is 2.49. The largest absolute Gasteiger partial charge is 0.508 e. The molecule has 2 rings (SSSR count). The number of aromatic hydroxyl groups is 2. The van der Waals surface area contributed by atoms with Gasteiger partial charge in [0.05, 0.1) is 0 Å². The highest BCUT2D eigenvalue weighted by atomic mass is 16.3. The monoisotopic (exact) mass is 360 g/mol. The van der Waals surface area contributed by atoms with Gasteiger partial charge in [0.2, 0.25) is 0 Å². The average Bonchev–Trinajstić information content (AvgIpc) is 3.27. The smallest absolute Gasteiger partial charge is 0.119 e. The van der Waals surface area contributed by atoms with Crippen LogP contribution in [0.15, 0.2) is 12.1 Å². The Kier molecular flexibility index (Phi) is 7.43. The summed E-state index contributed by atoms with van der Waals surface area (Å²) in [6.45, 7) is 9.23. The third kappa shape index (κ3) is 7.60. The first-order valence-electron chi connectivity index (χ1n) is 10.7. The van der Waals surface area contributed by atoms with Gasteiger partial charge in [-0.2, -0.15) is 0 Å². The minimum Gasteiger partial charge on any atom is -0.508 e. The van der Waals surface area contributed by atoms with Crippen molar-refractivity contribution in [2.45, 2.75) is 105 Å². The second-order valence-corrected chi connectivity index (χ2v) is 10.1. The van der Waals surface area contributed by atoms with Crippen molar-refractivity contribution in [3.05, 3.63) is 23.3 Å². The molecule has 26 heavy (non-hydrogen) atoms. The summed E-state index contributed by atoms with van der Waals surface area (Å²) in [5.74, 6) is 0.723. The zero-order chi connectivity index (χ0) is 19.2. The van der Waals surface area contributed by atoms with Crippen molar-refractivity contribution < 1.29 is 10.2 Å². The van der Waals surface area contributed by atoms with Gasteiger partial charge < -0.3 is 10.2 Å². The summed E-state index contributed by atoms with van der Waals surface area (Å²) in [6, 6.07) is 3.59. The minimum atomic E-state index is 0.360. The fourth-order valence-electron chi connectivity index (χ4n) is 3.72. The lowest BCUT2D eigenvalue weighted by molar-refractivity contribution is 0.358. The van der Waals surface area contributed by atoms with Crippen molar-refractivity contribution in [2.75, 3.05) is 0 Å². The van der Waals surface area contributed by atoms with Gasteiger partial charge in [-0.25, -0.2) is 0 Å². The van der Waals surface area contributed by atoms with Crippen molar-refractivity contribution in [3.8, 4) is 11.5 Å². The number of aryl methyl sites for hydroxylation is 2. The molecule has 0 spiro atoms. The predicted octanol–water partition coefficient (Wildman–Crippen LogP) is 7.15. The van der Waals surface area contributed by atoms with E-state index in [1.165, 1.54) is 51.4 Å². The molecule has 0 aromatic heterocycles. The number of phenols is 2. The Morgan fingerprint density at radius 3 is 1.77 bits per heavy atom. The summed E-state index contributed by atoms with van der Waals surface area (Å²) in [6.07, 6.45) is 14.2. The van der Waals surface area contributed by atoms with Gasteiger partial charge in [-0.3, -0.25) is 0 Å². The van der Waals surface area contributed by atoms with Crippen LogP contribution in [0.1, 0.15) is 103 Å². The maximum absolute atomic E-state index is 10.3. The fourth-order valence-corrected chi connectivity index (χ4v) is 3.72. The van der Waals surface area contributed by atoms with Gasteiger partial charge >= 0.3 is 0 Å². The number of benzene rings is 1. The number of hydrogen-bond acceptors (Lipinski definition) is 2. The molecule has 1 aromatic rings. The molecule has 0 atom stereocenters.